The van der Waals surface area contributed by atoms with E-state index in [2.05, 4.69) is 17.0 Å². The van der Waals surface area contributed by atoms with Gasteiger partial charge in [0.1, 0.15) is 5.82 Å². The summed E-state index contributed by atoms with van der Waals surface area (Å²) in [5.74, 6) is 0.796. The van der Waals surface area contributed by atoms with Crippen molar-refractivity contribution in [1.82, 2.24) is 9.55 Å². The summed E-state index contributed by atoms with van der Waals surface area (Å²) in [6.07, 6.45) is 0.710. The highest BCUT2D eigenvalue weighted by atomic mass is 16.5. The lowest BCUT2D eigenvalue weighted by Crippen LogP contribution is -2.44. The fourth-order valence-corrected chi connectivity index (χ4v) is 5.44. The number of benzene rings is 2. The van der Waals surface area contributed by atoms with Crippen molar-refractivity contribution >= 4 is 28.2 Å². The number of hydrogen-bond donors (Lipinski definition) is 0. The highest BCUT2D eigenvalue weighted by Crippen LogP contribution is 2.41. The second-order valence-electron chi connectivity index (χ2n) is 10.3. The molecule has 2 aliphatic rings. The summed E-state index contributed by atoms with van der Waals surface area (Å²) in [5, 5.41) is 0.618. The summed E-state index contributed by atoms with van der Waals surface area (Å²) in [7, 11) is 3.50. The molecule has 1 atom stereocenters. The van der Waals surface area contributed by atoms with E-state index in [1.165, 1.54) is 0 Å². The third-order valence-electron chi connectivity index (χ3n) is 7.55. The van der Waals surface area contributed by atoms with Crippen molar-refractivity contribution in [2.45, 2.75) is 45.3 Å². The van der Waals surface area contributed by atoms with Crippen LogP contribution in [0.5, 0.6) is 0 Å². The van der Waals surface area contributed by atoms with E-state index < -0.39 is 5.41 Å². The van der Waals surface area contributed by atoms with Gasteiger partial charge in [0.15, 0.2) is 0 Å². The van der Waals surface area contributed by atoms with E-state index in [1.807, 2.05) is 52.1 Å². The van der Waals surface area contributed by atoms with Gasteiger partial charge in [0.25, 0.3) is 5.56 Å². The number of fused-ring (bicyclic) bond motifs is 2. The molecule has 0 aliphatic carbocycles. The summed E-state index contributed by atoms with van der Waals surface area (Å²) < 4.78 is 12.8. The zero-order valence-corrected chi connectivity index (χ0v) is 21.7. The largest absolute Gasteiger partial charge is 0.382 e. The highest BCUT2D eigenvalue weighted by Gasteiger charge is 2.42. The Hall–Kier alpha value is -3.23. The molecule has 2 aliphatic heterocycles. The number of anilines is 2. The SMILES string of the molecule is COC[C@H]1CN(c2ccc3c(=O)n(CCc4ccc5c(c4)N(C)C(=O)C5(C)C)c(C)nc3c2)CCO1. The second kappa shape index (κ2) is 9.33. The highest BCUT2D eigenvalue weighted by molar-refractivity contribution is 6.07. The monoisotopic (exact) mass is 490 g/mol. The number of rotatable bonds is 6. The van der Waals surface area contributed by atoms with Gasteiger partial charge in [0.2, 0.25) is 5.91 Å². The first kappa shape index (κ1) is 24.5. The van der Waals surface area contributed by atoms with Crippen LogP contribution in [0.2, 0.25) is 0 Å². The van der Waals surface area contributed by atoms with Crippen LogP contribution in [0.15, 0.2) is 41.2 Å². The molecule has 8 heteroatoms. The van der Waals surface area contributed by atoms with Crippen molar-refractivity contribution in [2.75, 3.05) is 50.3 Å². The van der Waals surface area contributed by atoms with Gasteiger partial charge in [-0.25, -0.2) is 4.98 Å². The first-order valence-corrected chi connectivity index (χ1v) is 12.5. The predicted octanol–water partition coefficient (Wildman–Crippen LogP) is 3.05. The molecule has 3 heterocycles. The van der Waals surface area contributed by atoms with Crippen molar-refractivity contribution in [3.63, 3.8) is 0 Å². The molecular weight excluding hydrogens is 456 g/mol. The van der Waals surface area contributed by atoms with Crippen molar-refractivity contribution in [3.8, 4) is 0 Å². The van der Waals surface area contributed by atoms with Gasteiger partial charge in [-0.2, -0.15) is 0 Å². The molecule has 1 amide bonds. The predicted molar refractivity (Wildman–Crippen MR) is 141 cm³/mol. The van der Waals surface area contributed by atoms with Crippen LogP contribution < -0.4 is 15.4 Å². The number of carbonyl (C=O) groups excluding carboxylic acids is 1. The van der Waals surface area contributed by atoms with Gasteiger partial charge in [-0.1, -0.05) is 12.1 Å². The van der Waals surface area contributed by atoms with Crippen molar-refractivity contribution in [3.05, 3.63) is 63.7 Å². The Bertz CT molecular complexity index is 1380. The lowest BCUT2D eigenvalue weighted by Gasteiger charge is -2.34. The molecule has 190 valence electrons. The van der Waals surface area contributed by atoms with E-state index in [-0.39, 0.29) is 17.6 Å². The smallest absolute Gasteiger partial charge is 0.261 e. The molecule has 1 aromatic heterocycles. The number of methoxy groups -OCH3 is 1. The molecule has 8 nitrogen and oxygen atoms in total. The maximum atomic E-state index is 13.4. The maximum Gasteiger partial charge on any atom is 0.261 e. The Morgan fingerprint density at radius 1 is 1.17 bits per heavy atom. The van der Waals surface area contributed by atoms with E-state index in [0.29, 0.717) is 42.9 Å². The third kappa shape index (κ3) is 4.18. The van der Waals surface area contributed by atoms with E-state index in [0.717, 1.165) is 35.6 Å². The number of ether oxygens (including phenoxy) is 2. The molecule has 0 spiro atoms. The van der Waals surface area contributed by atoms with Crippen LogP contribution in [0.25, 0.3) is 10.9 Å². The topological polar surface area (TPSA) is 76.9 Å². The minimum absolute atomic E-state index is 0.0297. The Morgan fingerprint density at radius 3 is 2.75 bits per heavy atom. The fraction of sp³-hybridized carbons (Fsp3) is 0.464. The molecule has 0 unspecified atom stereocenters. The molecule has 0 radical (unpaired) electrons. The summed E-state index contributed by atoms with van der Waals surface area (Å²) >= 11 is 0. The molecule has 36 heavy (non-hydrogen) atoms. The minimum Gasteiger partial charge on any atom is -0.382 e. The minimum atomic E-state index is -0.511. The average Bonchev–Trinajstić information content (AvgIpc) is 3.03. The van der Waals surface area contributed by atoms with Crippen LogP contribution in [-0.4, -0.2) is 62.0 Å². The van der Waals surface area contributed by atoms with Gasteiger partial charge in [-0.15, -0.1) is 0 Å². The van der Waals surface area contributed by atoms with Crippen molar-refractivity contribution in [2.24, 2.45) is 0 Å². The van der Waals surface area contributed by atoms with Gasteiger partial charge >= 0.3 is 0 Å². The number of amides is 1. The van der Waals surface area contributed by atoms with Crippen molar-refractivity contribution in [1.29, 1.82) is 0 Å². The summed E-state index contributed by atoms with van der Waals surface area (Å²) in [5.41, 5.74) is 4.29. The molecule has 1 saturated heterocycles. The molecule has 5 rings (SSSR count). The first-order chi connectivity index (χ1) is 17.2. The first-order valence-electron chi connectivity index (χ1n) is 12.5. The lowest BCUT2D eigenvalue weighted by molar-refractivity contribution is -0.121. The summed E-state index contributed by atoms with van der Waals surface area (Å²) in [6, 6.07) is 12.1. The lowest BCUT2D eigenvalue weighted by atomic mass is 9.86. The molecule has 2 aromatic carbocycles. The van der Waals surface area contributed by atoms with Crippen LogP contribution in [0.3, 0.4) is 0 Å². The van der Waals surface area contributed by atoms with Crippen LogP contribution in [-0.2, 0) is 32.6 Å². The van der Waals surface area contributed by atoms with Gasteiger partial charge in [-0.3, -0.25) is 14.2 Å². The number of carbonyl (C=O) groups is 1. The fourth-order valence-electron chi connectivity index (χ4n) is 5.44. The summed E-state index contributed by atoms with van der Waals surface area (Å²) in [6.45, 7) is 9.07. The van der Waals surface area contributed by atoms with Crippen molar-refractivity contribution < 1.29 is 14.3 Å². The number of likely N-dealkylation sites (N-methyl/N-ethyl adjacent to an activating group) is 1. The Labute approximate surface area is 211 Å². The Morgan fingerprint density at radius 2 is 1.97 bits per heavy atom. The number of aryl methyl sites for hydroxylation is 2. The van der Waals surface area contributed by atoms with Gasteiger partial charge in [0.05, 0.1) is 35.6 Å². The van der Waals surface area contributed by atoms with E-state index in [1.54, 1.807) is 16.6 Å². The van der Waals surface area contributed by atoms with Gasteiger partial charge in [-0.05, 0) is 62.6 Å². The number of nitrogens with zero attached hydrogens (tertiary/aromatic N) is 4. The zero-order chi connectivity index (χ0) is 25.6. The standard InChI is InChI=1S/C28H34N4O4/c1-18-29-24-15-20(31-12-13-36-21(16-31)17-35-5)7-8-22(24)26(33)32(18)11-10-19-6-9-23-25(14-19)30(4)27(34)28(23,2)3/h6-9,14-15,21H,10-13,16-17H2,1-5H3/t21-/m1/s1. The number of morpholine rings is 1. The van der Waals surface area contributed by atoms with E-state index in [4.69, 9.17) is 14.5 Å². The molecule has 0 bridgehead atoms. The van der Waals surface area contributed by atoms with Crippen LogP contribution in [0, 0.1) is 6.92 Å². The van der Waals surface area contributed by atoms with E-state index >= 15 is 0 Å². The van der Waals surface area contributed by atoms with Crippen LogP contribution >= 0.6 is 0 Å². The third-order valence-corrected chi connectivity index (χ3v) is 7.55. The Balaban J connectivity index is 1.37. The molecule has 0 N–H and O–H groups in total. The van der Waals surface area contributed by atoms with E-state index in [9.17, 15) is 9.59 Å². The second-order valence-corrected chi connectivity index (χ2v) is 10.3. The molecule has 0 saturated carbocycles. The maximum absolute atomic E-state index is 13.4. The number of hydrogen-bond acceptors (Lipinski definition) is 6. The molecule has 1 fully saturated rings. The average molecular weight is 491 g/mol. The quantitative estimate of drug-likeness (QED) is 0.529. The van der Waals surface area contributed by atoms with Crippen LogP contribution in [0.4, 0.5) is 11.4 Å². The normalized spacial score (nSPS) is 19.2. The Kier molecular flexibility index (Phi) is 6.34. The summed E-state index contributed by atoms with van der Waals surface area (Å²) in [4.78, 5) is 34.8. The van der Waals surface area contributed by atoms with Gasteiger partial charge in [0, 0.05) is 45.2 Å². The molecular formula is C28H34N4O4. The number of aromatic nitrogens is 2. The van der Waals surface area contributed by atoms with Gasteiger partial charge < -0.3 is 19.3 Å². The molecule has 3 aromatic rings. The zero-order valence-electron chi connectivity index (χ0n) is 21.7. The van der Waals surface area contributed by atoms with Crippen LogP contribution in [0.1, 0.15) is 30.8 Å².